The van der Waals surface area contributed by atoms with Gasteiger partial charge in [0, 0.05) is 0 Å². The molecule has 4 atom stereocenters. The average Bonchev–Trinajstić information content (AvgIpc) is 3.08. The van der Waals surface area contributed by atoms with Crippen LogP contribution in [0.5, 0.6) is 0 Å². The molecule has 5 nitrogen and oxygen atoms in total. The molecule has 5 heteroatoms. The number of aliphatic hydroxyl groups is 1. The van der Waals surface area contributed by atoms with Gasteiger partial charge in [0.2, 0.25) is 0 Å². The third-order valence-corrected chi connectivity index (χ3v) is 4.37. The van der Waals surface area contributed by atoms with E-state index in [0.717, 1.165) is 11.1 Å². The summed E-state index contributed by atoms with van der Waals surface area (Å²) in [7, 11) is 0. The standard InChI is InChI=1S/C20H25NO4/c21-17(11-22)19-20(24-13-16-9-5-2-6-10-16)18(14-25-19)23-12-15-7-3-1-4-8-15/h1-10,17-20,22H,11-14,21H2/t17?,18-,19?,20+/m0/s1. The van der Waals surface area contributed by atoms with Crippen LogP contribution in [-0.2, 0) is 27.4 Å². The van der Waals surface area contributed by atoms with E-state index >= 15 is 0 Å². The van der Waals surface area contributed by atoms with Gasteiger partial charge in [-0.15, -0.1) is 0 Å². The summed E-state index contributed by atoms with van der Waals surface area (Å²) in [5, 5.41) is 9.39. The van der Waals surface area contributed by atoms with Crippen molar-refractivity contribution >= 4 is 0 Å². The van der Waals surface area contributed by atoms with Crippen LogP contribution in [0.1, 0.15) is 11.1 Å². The highest BCUT2D eigenvalue weighted by Gasteiger charge is 2.42. The maximum Gasteiger partial charge on any atom is 0.114 e. The molecule has 0 aliphatic carbocycles. The van der Waals surface area contributed by atoms with Crippen LogP contribution in [-0.4, -0.2) is 42.7 Å². The molecule has 1 aliphatic heterocycles. The van der Waals surface area contributed by atoms with Gasteiger partial charge in [-0.3, -0.25) is 0 Å². The summed E-state index contributed by atoms with van der Waals surface area (Å²) in [5.41, 5.74) is 8.17. The molecule has 0 radical (unpaired) electrons. The van der Waals surface area contributed by atoms with Crippen LogP contribution in [0.25, 0.3) is 0 Å². The first-order valence-electron chi connectivity index (χ1n) is 8.57. The van der Waals surface area contributed by atoms with E-state index in [9.17, 15) is 5.11 Å². The molecule has 0 saturated carbocycles. The van der Waals surface area contributed by atoms with Crippen LogP contribution in [0, 0.1) is 0 Å². The van der Waals surface area contributed by atoms with E-state index in [2.05, 4.69) is 0 Å². The second-order valence-corrected chi connectivity index (χ2v) is 6.24. The van der Waals surface area contributed by atoms with Crippen molar-refractivity contribution in [3.05, 3.63) is 71.8 Å². The molecule has 1 heterocycles. The van der Waals surface area contributed by atoms with Crippen LogP contribution in [0.2, 0.25) is 0 Å². The summed E-state index contributed by atoms with van der Waals surface area (Å²) in [6.45, 7) is 1.20. The Bertz CT molecular complexity index is 622. The highest BCUT2D eigenvalue weighted by Crippen LogP contribution is 2.24. The number of aliphatic hydroxyl groups excluding tert-OH is 1. The van der Waals surface area contributed by atoms with Gasteiger partial charge in [0.1, 0.15) is 18.3 Å². The predicted molar refractivity (Wildman–Crippen MR) is 94.8 cm³/mol. The predicted octanol–water partition coefficient (Wildman–Crippen LogP) is 1.88. The van der Waals surface area contributed by atoms with Crippen LogP contribution in [0.15, 0.2) is 60.7 Å². The van der Waals surface area contributed by atoms with Crippen LogP contribution in [0.4, 0.5) is 0 Å². The van der Waals surface area contributed by atoms with E-state index < -0.39 is 6.04 Å². The number of rotatable bonds is 8. The molecule has 3 rings (SSSR count). The van der Waals surface area contributed by atoms with E-state index in [1.165, 1.54) is 0 Å². The van der Waals surface area contributed by atoms with Crippen molar-refractivity contribution in [2.24, 2.45) is 5.73 Å². The Morgan fingerprint density at radius 2 is 1.52 bits per heavy atom. The fourth-order valence-electron chi connectivity index (χ4n) is 2.97. The van der Waals surface area contributed by atoms with Crippen molar-refractivity contribution < 1.29 is 19.3 Å². The summed E-state index contributed by atoms with van der Waals surface area (Å²) in [6.07, 6.45) is -0.910. The third-order valence-electron chi connectivity index (χ3n) is 4.37. The molecule has 0 bridgehead atoms. The van der Waals surface area contributed by atoms with Crippen LogP contribution in [0.3, 0.4) is 0 Å². The first kappa shape index (κ1) is 18.0. The van der Waals surface area contributed by atoms with E-state index in [1.807, 2.05) is 60.7 Å². The Balaban J connectivity index is 1.63. The first-order chi connectivity index (χ1) is 12.3. The number of hydrogen-bond acceptors (Lipinski definition) is 5. The number of hydrogen-bond donors (Lipinski definition) is 2. The van der Waals surface area contributed by atoms with Crippen LogP contribution < -0.4 is 5.73 Å². The minimum absolute atomic E-state index is 0.152. The molecule has 2 aromatic rings. The fraction of sp³-hybridized carbons (Fsp3) is 0.400. The van der Waals surface area contributed by atoms with Crippen molar-refractivity contribution in [1.82, 2.24) is 0 Å². The molecule has 0 amide bonds. The zero-order valence-corrected chi connectivity index (χ0v) is 14.2. The van der Waals surface area contributed by atoms with E-state index in [1.54, 1.807) is 0 Å². The molecule has 2 aromatic carbocycles. The van der Waals surface area contributed by atoms with Gasteiger partial charge in [-0.25, -0.2) is 0 Å². The zero-order valence-electron chi connectivity index (χ0n) is 14.2. The largest absolute Gasteiger partial charge is 0.395 e. The minimum atomic E-state index is -0.494. The second-order valence-electron chi connectivity index (χ2n) is 6.24. The average molecular weight is 343 g/mol. The Hall–Kier alpha value is -1.76. The lowest BCUT2D eigenvalue weighted by molar-refractivity contribution is -0.0796. The van der Waals surface area contributed by atoms with Gasteiger partial charge in [-0.2, -0.15) is 0 Å². The van der Waals surface area contributed by atoms with Gasteiger partial charge in [0.25, 0.3) is 0 Å². The molecule has 3 N–H and O–H groups in total. The topological polar surface area (TPSA) is 73.9 Å². The highest BCUT2D eigenvalue weighted by molar-refractivity contribution is 5.14. The molecule has 2 unspecified atom stereocenters. The molecular weight excluding hydrogens is 318 g/mol. The summed E-state index contributed by atoms with van der Waals surface area (Å²) in [5.74, 6) is 0. The zero-order chi connectivity index (χ0) is 17.5. The summed E-state index contributed by atoms with van der Waals surface area (Å²) in [4.78, 5) is 0. The Morgan fingerprint density at radius 1 is 0.960 bits per heavy atom. The smallest absolute Gasteiger partial charge is 0.114 e. The third kappa shape index (κ3) is 4.87. The van der Waals surface area contributed by atoms with Crippen LogP contribution >= 0.6 is 0 Å². The monoisotopic (exact) mass is 343 g/mol. The highest BCUT2D eigenvalue weighted by atomic mass is 16.6. The van der Waals surface area contributed by atoms with Crippen molar-refractivity contribution in [3.63, 3.8) is 0 Å². The Kier molecular flexibility index (Phi) is 6.55. The van der Waals surface area contributed by atoms with E-state index in [0.29, 0.717) is 19.8 Å². The Labute approximate surface area is 148 Å². The van der Waals surface area contributed by atoms with Crippen molar-refractivity contribution in [3.8, 4) is 0 Å². The lowest BCUT2D eigenvalue weighted by Gasteiger charge is -2.26. The normalized spacial score (nSPS) is 24.3. The lowest BCUT2D eigenvalue weighted by atomic mass is 10.0. The minimum Gasteiger partial charge on any atom is -0.395 e. The SMILES string of the molecule is NC(CO)C1OC[C@H](OCc2ccccc2)[C@H]1OCc1ccccc1. The molecular formula is C20H25NO4. The van der Waals surface area contributed by atoms with Gasteiger partial charge >= 0.3 is 0 Å². The summed E-state index contributed by atoms with van der Waals surface area (Å²) in [6, 6.07) is 19.4. The summed E-state index contributed by atoms with van der Waals surface area (Å²) < 4.78 is 17.9. The molecule has 134 valence electrons. The van der Waals surface area contributed by atoms with Gasteiger partial charge in [0.05, 0.1) is 32.5 Å². The van der Waals surface area contributed by atoms with Gasteiger partial charge < -0.3 is 25.1 Å². The lowest BCUT2D eigenvalue weighted by Crippen LogP contribution is -2.47. The number of ether oxygens (including phenoxy) is 3. The maximum atomic E-state index is 9.39. The number of benzene rings is 2. The molecule has 1 saturated heterocycles. The van der Waals surface area contributed by atoms with Gasteiger partial charge in [-0.1, -0.05) is 60.7 Å². The molecule has 0 spiro atoms. The molecule has 0 aromatic heterocycles. The molecule has 1 fully saturated rings. The summed E-state index contributed by atoms with van der Waals surface area (Å²) >= 11 is 0. The fourth-order valence-corrected chi connectivity index (χ4v) is 2.97. The molecule has 25 heavy (non-hydrogen) atoms. The number of nitrogens with two attached hydrogens (primary N) is 1. The van der Waals surface area contributed by atoms with E-state index in [-0.39, 0.29) is 24.9 Å². The van der Waals surface area contributed by atoms with Gasteiger partial charge in [0.15, 0.2) is 0 Å². The Morgan fingerprint density at radius 3 is 2.08 bits per heavy atom. The van der Waals surface area contributed by atoms with E-state index in [4.69, 9.17) is 19.9 Å². The first-order valence-corrected chi connectivity index (χ1v) is 8.57. The van der Waals surface area contributed by atoms with Crippen molar-refractivity contribution in [2.75, 3.05) is 13.2 Å². The molecule has 1 aliphatic rings. The van der Waals surface area contributed by atoms with Crippen molar-refractivity contribution in [1.29, 1.82) is 0 Å². The van der Waals surface area contributed by atoms with Gasteiger partial charge in [-0.05, 0) is 11.1 Å². The maximum absolute atomic E-state index is 9.39. The van der Waals surface area contributed by atoms with Crippen molar-refractivity contribution in [2.45, 2.75) is 37.6 Å². The quantitative estimate of drug-likeness (QED) is 0.765. The second kappa shape index (κ2) is 9.08.